The summed E-state index contributed by atoms with van der Waals surface area (Å²) in [7, 11) is 1.32. The third-order valence-electron chi connectivity index (χ3n) is 6.16. The van der Waals surface area contributed by atoms with Crippen LogP contribution in [0.15, 0.2) is 96.7 Å². The van der Waals surface area contributed by atoms with Crippen molar-refractivity contribution in [3.8, 4) is 5.75 Å². The van der Waals surface area contributed by atoms with Gasteiger partial charge in [-0.2, -0.15) is 0 Å². The largest absolute Gasteiger partial charge is 0.487 e. The number of carbonyl (C=O) groups is 1. The van der Waals surface area contributed by atoms with Crippen LogP contribution in [0.2, 0.25) is 5.02 Å². The molecule has 0 N–H and O–H groups in total. The van der Waals surface area contributed by atoms with Crippen molar-refractivity contribution in [3.63, 3.8) is 0 Å². The average molecular weight is 689 g/mol. The van der Waals surface area contributed by atoms with Gasteiger partial charge in [-0.05, 0) is 85.8 Å². The zero-order valence-electron chi connectivity index (χ0n) is 20.8. The van der Waals surface area contributed by atoms with E-state index in [1.165, 1.54) is 18.4 Å². The monoisotopic (exact) mass is 686 g/mol. The first-order chi connectivity index (χ1) is 18.8. The number of benzene rings is 3. The molecule has 1 atom stereocenters. The van der Waals surface area contributed by atoms with Crippen LogP contribution < -0.4 is 19.6 Å². The molecular formula is C29H21Br2ClN2O4S. The molecule has 1 aliphatic heterocycles. The van der Waals surface area contributed by atoms with Gasteiger partial charge in [0.2, 0.25) is 0 Å². The molecule has 0 fully saturated rings. The van der Waals surface area contributed by atoms with E-state index in [-0.39, 0.29) is 5.56 Å². The zero-order chi connectivity index (χ0) is 27.7. The lowest BCUT2D eigenvalue weighted by Gasteiger charge is -2.24. The minimum atomic E-state index is -0.694. The third kappa shape index (κ3) is 5.68. The van der Waals surface area contributed by atoms with Gasteiger partial charge in [0.15, 0.2) is 4.80 Å². The van der Waals surface area contributed by atoms with E-state index < -0.39 is 12.0 Å². The van der Waals surface area contributed by atoms with Crippen LogP contribution in [0, 0.1) is 0 Å². The minimum absolute atomic E-state index is 0.260. The number of rotatable bonds is 6. The summed E-state index contributed by atoms with van der Waals surface area (Å²) in [6, 6.07) is 20.0. The smallest absolute Gasteiger partial charge is 0.338 e. The number of thiazole rings is 1. The van der Waals surface area contributed by atoms with Crippen LogP contribution >= 0.6 is 54.8 Å². The lowest BCUT2D eigenvalue weighted by Crippen LogP contribution is -2.39. The molecule has 0 spiro atoms. The van der Waals surface area contributed by atoms with Crippen LogP contribution in [0.4, 0.5) is 0 Å². The maximum absolute atomic E-state index is 13.8. The summed E-state index contributed by atoms with van der Waals surface area (Å²) in [6.07, 6.45) is 1.80. The number of carbonyl (C=O) groups excluding carboxylic acids is 1. The van der Waals surface area contributed by atoms with E-state index >= 15 is 0 Å². The quantitative estimate of drug-likeness (QED) is 0.228. The first-order valence-corrected chi connectivity index (χ1v) is 14.6. The third-order valence-corrected chi connectivity index (χ3v) is 8.57. The number of methoxy groups -OCH3 is 1. The predicted molar refractivity (Wildman–Crippen MR) is 160 cm³/mol. The van der Waals surface area contributed by atoms with Gasteiger partial charge in [-0.3, -0.25) is 9.36 Å². The highest BCUT2D eigenvalue weighted by atomic mass is 79.9. The number of aromatic nitrogens is 1. The molecule has 0 radical (unpaired) electrons. The molecule has 3 aromatic carbocycles. The van der Waals surface area contributed by atoms with Gasteiger partial charge in [0.05, 0.1) is 37.9 Å². The second-order valence-corrected chi connectivity index (χ2v) is 11.9. The van der Waals surface area contributed by atoms with Crippen molar-refractivity contribution in [3.05, 3.63) is 128 Å². The number of hydrogen-bond acceptors (Lipinski definition) is 6. The highest BCUT2D eigenvalue weighted by Crippen LogP contribution is 2.36. The van der Waals surface area contributed by atoms with Gasteiger partial charge in [0, 0.05) is 5.02 Å². The van der Waals surface area contributed by atoms with Crippen LogP contribution in [-0.4, -0.2) is 17.6 Å². The van der Waals surface area contributed by atoms with Crippen molar-refractivity contribution in [1.29, 1.82) is 0 Å². The first kappa shape index (κ1) is 27.6. The standard InChI is InChI=1S/C29H21Br2ClN2O4S/c1-16-24(28(36)37-2)25(19-8-10-20(32)11-9-19)34-27(35)23(39-29(34)33-16)14-18-12-21(30)26(22(31)13-18)38-15-17-6-4-3-5-7-17/h3-14,25H,15H2,1-2H3/b23-14-/t25-/m0/s1. The summed E-state index contributed by atoms with van der Waals surface area (Å²) in [5, 5.41) is 0.554. The second kappa shape index (κ2) is 11.6. The van der Waals surface area contributed by atoms with Crippen LogP contribution in [0.5, 0.6) is 5.75 Å². The number of allylic oxidation sites excluding steroid dienone is 1. The molecule has 5 rings (SSSR count). The predicted octanol–water partition coefficient (Wildman–Crippen LogP) is 6.17. The second-order valence-electron chi connectivity index (χ2n) is 8.71. The minimum Gasteiger partial charge on any atom is -0.487 e. The fourth-order valence-corrected chi connectivity index (χ4v) is 6.96. The van der Waals surface area contributed by atoms with Crippen molar-refractivity contribution < 1.29 is 14.3 Å². The Kier molecular flexibility index (Phi) is 8.23. The number of hydrogen-bond donors (Lipinski definition) is 0. The summed E-state index contributed by atoms with van der Waals surface area (Å²) in [4.78, 5) is 31.6. The highest BCUT2D eigenvalue weighted by molar-refractivity contribution is 9.11. The van der Waals surface area contributed by atoms with Gasteiger partial charge in [0.25, 0.3) is 5.56 Å². The van der Waals surface area contributed by atoms with Crippen molar-refractivity contribution in [1.82, 2.24) is 4.57 Å². The molecule has 6 nitrogen and oxygen atoms in total. The van der Waals surface area contributed by atoms with E-state index in [2.05, 4.69) is 36.9 Å². The molecule has 1 aliphatic rings. The van der Waals surface area contributed by atoms with E-state index in [1.807, 2.05) is 42.5 Å². The van der Waals surface area contributed by atoms with Crippen molar-refractivity contribution in [2.75, 3.05) is 7.11 Å². The zero-order valence-corrected chi connectivity index (χ0v) is 25.5. The van der Waals surface area contributed by atoms with Gasteiger partial charge >= 0.3 is 5.97 Å². The Morgan fingerprint density at radius 3 is 2.41 bits per heavy atom. The van der Waals surface area contributed by atoms with Crippen LogP contribution in [0.25, 0.3) is 6.08 Å². The van der Waals surface area contributed by atoms with E-state index in [4.69, 9.17) is 21.1 Å². The molecule has 39 heavy (non-hydrogen) atoms. The molecule has 2 heterocycles. The summed E-state index contributed by atoms with van der Waals surface area (Å²) in [6.45, 7) is 2.16. The lowest BCUT2D eigenvalue weighted by atomic mass is 9.96. The summed E-state index contributed by atoms with van der Waals surface area (Å²) >= 11 is 14.6. The molecule has 4 aromatic rings. The maximum Gasteiger partial charge on any atom is 0.338 e. The summed E-state index contributed by atoms with van der Waals surface area (Å²) in [5.74, 6) is 0.128. The Morgan fingerprint density at radius 2 is 1.77 bits per heavy atom. The van der Waals surface area contributed by atoms with Crippen LogP contribution in [0.3, 0.4) is 0 Å². The number of ether oxygens (including phenoxy) is 2. The lowest BCUT2D eigenvalue weighted by molar-refractivity contribution is -0.136. The molecule has 0 amide bonds. The molecule has 0 saturated carbocycles. The Hall–Kier alpha value is -2.98. The fourth-order valence-electron chi connectivity index (χ4n) is 4.33. The number of halogens is 3. The van der Waals surface area contributed by atoms with Crippen molar-refractivity contribution in [2.24, 2.45) is 4.99 Å². The number of fused-ring (bicyclic) bond motifs is 1. The Balaban J connectivity index is 1.57. The van der Waals surface area contributed by atoms with Crippen molar-refractivity contribution >= 4 is 66.8 Å². The van der Waals surface area contributed by atoms with Crippen LogP contribution in [0.1, 0.15) is 29.7 Å². The SMILES string of the molecule is COC(=O)C1=C(C)N=c2s/c(=C\c3cc(Br)c(OCc4ccccc4)c(Br)c3)c(=O)n2[C@H]1c1ccc(Cl)cc1. The van der Waals surface area contributed by atoms with Gasteiger partial charge in [-0.15, -0.1) is 0 Å². The molecular weight excluding hydrogens is 668 g/mol. The van der Waals surface area contributed by atoms with Gasteiger partial charge in [0.1, 0.15) is 12.4 Å². The van der Waals surface area contributed by atoms with E-state index in [9.17, 15) is 9.59 Å². The maximum atomic E-state index is 13.8. The average Bonchev–Trinajstić information content (AvgIpc) is 3.22. The van der Waals surface area contributed by atoms with E-state index in [1.54, 1.807) is 41.8 Å². The van der Waals surface area contributed by atoms with Gasteiger partial charge < -0.3 is 9.47 Å². The molecule has 0 saturated heterocycles. The molecule has 198 valence electrons. The normalized spacial score (nSPS) is 15.1. The molecule has 10 heteroatoms. The van der Waals surface area contributed by atoms with E-state index in [0.717, 1.165) is 25.6 Å². The van der Waals surface area contributed by atoms with Gasteiger partial charge in [-0.25, -0.2) is 9.79 Å². The highest BCUT2D eigenvalue weighted by Gasteiger charge is 2.33. The number of nitrogens with zero attached hydrogens (tertiary/aromatic N) is 2. The Labute approximate surface area is 250 Å². The Bertz CT molecular complexity index is 1760. The van der Waals surface area contributed by atoms with Crippen molar-refractivity contribution in [2.45, 2.75) is 19.6 Å². The van der Waals surface area contributed by atoms with Crippen LogP contribution in [-0.2, 0) is 16.1 Å². The molecule has 0 bridgehead atoms. The van der Waals surface area contributed by atoms with E-state index in [0.29, 0.717) is 38.0 Å². The molecule has 0 aliphatic carbocycles. The topological polar surface area (TPSA) is 69.9 Å². The molecule has 1 aromatic heterocycles. The van der Waals surface area contributed by atoms with Gasteiger partial charge in [-0.1, -0.05) is 65.4 Å². The fraction of sp³-hybridized carbons (Fsp3) is 0.138. The summed E-state index contributed by atoms with van der Waals surface area (Å²) < 4.78 is 14.6. The summed E-state index contributed by atoms with van der Waals surface area (Å²) in [5.41, 5.74) is 3.12. The number of esters is 1. The first-order valence-electron chi connectivity index (χ1n) is 11.8. The molecule has 0 unspecified atom stereocenters. The Morgan fingerprint density at radius 1 is 1.10 bits per heavy atom.